The number of nitrogens with one attached hydrogen (secondary N) is 1. The molecule has 11 heteroatoms. The number of hydrogen-bond acceptors (Lipinski definition) is 5. The number of alkyl halides is 3. The molecule has 32 heavy (non-hydrogen) atoms. The van der Waals surface area contributed by atoms with Gasteiger partial charge in [0.25, 0.3) is 10.0 Å². The SMILES string of the molecule is Cn1cnc(S(=O)(=O)N2C[C@H](NCc3cccc(C(F)(F)F)n3)[C@@H](c3ccccc3)C2)c1. The summed E-state index contributed by atoms with van der Waals surface area (Å²) in [6, 6.07) is 12.9. The molecule has 0 unspecified atom stereocenters. The first-order valence-electron chi connectivity index (χ1n) is 9.94. The van der Waals surface area contributed by atoms with Gasteiger partial charge in [-0.1, -0.05) is 36.4 Å². The molecule has 1 aliphatic rings. The van der Waals surface area contributed by atoms with Gasteiger partial charge in [0, 0.05) is 44.8 Å². The van der Waals surface area contributed by atoms with E-state index in [1.807, 2.05) is 30.3 Å². The van der Waals surface area contributed by atoms with Crippen molar-refractivity contribution in [1.82, 2.24) is 24.2 Å². The van der Waals surface area contributed by atoms with E-state index >= 15 is 0 Å². The lowest BCUT2D eigenvalue weighted by Crippen LogP contribution is -2.36. The molecular weight excluding hydrogens is 443 g/mol. The van der Waals surface area contributed by atoms with E-state index in [0.717, 1.165) is 11.6 Å². The maximum Gasteiger partial charge on any atom is 0.433 e. The summed E-state index contributed by atoms with van der Waals surface area (Å²) in [6.07, 6.45) is -1.66. The monoisotopic (exact) mass is 465 g/mol. The number of imidazole rings is 1. The zero-order chi connectivity index (χ0) is 22.9. The maximum atomic E-state index is 13.1. The number of sulfonamides is 1. The molecule has 0 bridgehead atoms. The second-order valence-corrected chi connectivity index (χ2v) is 9.60. The van der Waals surface area contributed by atoms with Crippen molar-refractivity contribution < 1.29 is 21.6 Å². The van der Waals surface area contributed by atoms with Gasteiger partial charge in [0.1, 0.15) is 5.69 Å². The van der Waals surface area contributed by atoms with Crippen LogP contribution in [-0.4, -0.2) is 46.4 Å². The van der Waals surface area contributed by atoms with Crippen molar-refractivity contribution in [1.29, 1.82) is 0 Å². The van der Waals surface area contributed by atoms with E-state index < -0.39 is 21.9 Å². The summed E-state index contributed by atoms with van der Waals surface area (Å²) >= 11 is 0. The molecule has 0 saturated carbocycles. The van der Waals surface area contributed by atoms with Crippen molar-refractivity contribution in [2.75, 3.05) is 13.1 Å². The summed E-state index contributed by atoms with van der Waals surface area (Å²) in [7, 11) is -2.11. The summed E-state index contributed by atoms with van der Waals surface area (Å²) in [6.45, 7) is 0.476. The summed E-state index contributed by atoms with van der Waals surface area (Å²) in [5.74, 6) is -0.180. The minimum atomic E-state index is -4.52. The fraction of sp³-hybridized carbons (Fsp3) is 0.333. The van der Waals surface area contributed by atoms with Gasteiger partial charge >= 0.3 is 6.18 Å². The Balaban J connectivity index is 1.56. The van der Waals surface area contributed by atoms with Gasteiger partial charge in [-0.15, -0.1) is 0 Å². The lowest BCUT2D eigenvalue weighted by atomic mass is 9.94. The molecule has 1 aromatic carbocycles. The van der Waals surface area contributed by atoms with Gasteiger partial charge in [-0.05, 0) is 17.7 Å². The lowest BCUT2D eigenvalue weighted by molar-refractivity contribution is -0.141. The van der Waals surface area contributed by atoms with E-state index in [1.165, 1.54) is 29.0 Å². The van der Waals surface area contributed by atoms with Crippen LogP contribution < -0.4 is 5.32 Å². The first-order chi connectivity index (χ1) is 15.1. The van der Waals surface area contributed by atoms with Crippen molar-refractivity contribution in [2.45, 2.75) is 29.7 Å². The molecule has 2 aromatic heterocycles. The molecule has 0 spiro atoms. The number of aryl methyl sites for hydroxylation is 1. The zero-order valence-electron chi connectivity index (χ0n) is 17.2. The Morgan fingerprint density at radius 1 is 1.09 bits per heavy atom. The molecule has 1 N–H and O–H groups in total. The van der Waals surface area contributed by atoms with Gasteiger partial charge in [-0.3, -0.25) is 0 Å². The molecular formula is C21H22F3N5O2S. The molecule has 0 amide bonds. The Bertz CT molecular complexity index is 1180. The van der Waals surface area contributed by atoms with Crippen LogP contribution in [0.4, 0.5) is 13.2 Å². The molecule has 1 saturated heterocycles. The summed E-state index contributed by atoms with van der Waals surface area (Å²) < 4.78 is 68.0. The van der Waals surface area contributed by atoms with E-state index in [-0.39, 0.29) is 42.3 Å². The van der Waals surface area contributed by atoms with Crippen molar-refractivity contribution in [3.05, 3.63) is 78.0 Å². The molecule has 1 aliphatic heterocycles. The predicted molar refractivity (Wildman–Crippen MR) is 111 cm³/mol. The van der Waals surface area contributed by atoms with Crippen LogP contribution in [-0.2, 0) is 29.8 Å². The normalized spacial score (nSPS) is 20.0. The third-order valence-electron chi connectivity index (χ3n) is 5.44. The van der Waals surface area contributed by atoms with Gasteiger partial charge in [-0.2, -0.15) is 17.5 Å². The van der Waals surface area contributed by atoms with Crippen LogP contribution in [0.15, 0.2) is 66.1 Å². The van der Waals surface area contributed by atoms with Gasteiger partial charge in [0.15, 0.2) is 5.03 Å². The van der Waals surface area contributed by atoms with Gasteiger partial charge in [-0.25, -0.2) is 18.4 Å². The summed E-state index contributed by atoms with van der Waals surface area (Å²) in [5.41, 5.74) is 0.223. The second kappa shape index (κ2) is 8.64. The number of benzene rings is 1. The van der Waals surface area contributed by atoms with Crippen molar-refractivity contribution >= 4 is 10.0 Å². The van der Waals surface area contributed by atoms with Crippen molar-refractivity contribution in [2.24, 2.45) is 7.05 Å². The van der Waals surface area contributed by atoms with Crippen LogP contribution in [0.2, 0.25) is 0 Å². The first-order valence-corrected chi connectivity index (χ1v) is 11.4. The van der Waals surface area contributed by atoms with Crippen LogP contribution >= 0.6 is 0 Å². The molecule has 2 atom stereocenters. The number of hydrogen-bond donors (Lipinski definition) is 1. The van der Waals surface area contributed by atoms with Crippen molar-refractivity contribution in [3.63, 3.8) is 0 Å². The smallest absolute Gasteiger partial charge is 0.339 e. The fourth-order valence-electron chi connectivity index (χ4n) is 3.83. The van der Waals surface area contributed by atoms with Crippen LogP contribution in [0.1, 0.15) is 22.9 Å². The molecule has 3 aromatic rings. The highest BCUT2D eigenvalue weighted by Gasteiger charge is 2.40. The number of rotatable bonds is 6. The fourth-order valence-corrected chi connectivity index (χ4v) is 5.29. The van der Waals surface area contributed by atoms with E-state index in [4.69, 9.17) is 0 Å². The lowest BCUT2D eigenvalue weighted by Gasteiger charge is -2.20. The Hall–Kier alpha value is -2.76. The third-order valence-corrected chi connectivity index (χ3v) is 7.16. The van der Waals surface area contributed by atoms with Crippen LogP contribution in [0.5, 0.6) is 0 Å². The quantitative estimate of drug-likeness (QED) is 0.606. The Morgan fingerprint density at radius 3 is 2.50 bits per heavy atom. The number of aromatic nitrogens is 3. The minimum Gasteiger partial charge on any atom is -0.339 e. The van der Waals surface area contributed by atoms with E-state index in [1.54, 1.807) is 11.6 Å². The molecule has 1 fully saturated rings. The highest BCUT2D eigenvalue weighted by Crippen LogP contribution is 2.32. The molecule has 7 nitrogen and oxygen atoms in total. The van der Waals surface area contributed by atoms with Gasteiger partial charge < -0.3 is 9.88 Å². The third kappa shape index (κ3) is 4.69. The molecule has 0 radical (unpaired) electrons. The Kier molecular flexibility index (Phi) is 6.06. The maximum absolute atomic E-state index is 13.1. The molecule has 3 heterocycles. The summed E-state index contributed by atoms with van der Waals surface area (Å²) in [5, 5.41) is 3.19. The highest BCUT2D eigenvalue weighted by atomic mass is 32.2. The van der Waals surface area contributed by atoms with E-state index in [2.05, 4.69) is 15.3 Å². The van der Waals surface area contributed by atoms with Crippen LogP contribution in [0.3, 0.4) is 0 Å². The molecule has 4 rings (SSSR count). The topological polar surface area (TPSA) is 80.1 Å². The van der Waals surface area contributed by atoms with E-state index in [9.17, 15) is 21.6 Å². The number of halogens is 3. The Labute approximate surface area is 184 Å². The Morgan fingerprint density at radius 2 is 1.84 bits per heavy atom. The van der Waals surface area contributed by atoms with Crippen molar-refractivity contribution in [3.8, 4) is 0 Å². The number of pyridine rings is 1. The average molecular weight is 466 g/mol. The summed E-state index contributed by atoms with van der Waals surface area (Å²) in [4.78, 5) is 7.67. The van der Waals surface area contributed by atoms with Crippen LogP contribution in [0, 0.1) is 0 Å². The predicted octanol–water partition coefficient (Wildman–Crippen LogP) is 2.78. The largest absolute Gasteiger partial charge is 0.433 e. The molecule has 0 aliphatic carbocycles. The number of nitrogens with zero attached hydrogens (tertiary/aromatic N) is 4. The standard InChI is InChI=1S/C21H22F3N5O2S/c1-28-13-20(26-14-28)32(30,31)29-11-17(15-6-3-2-4-7-15)18(12-29)25-10-16-8-5-9-19(27-16)21(22,23)24/h2-9,13-14,17-18,25H,10-12H2,1H3/t17-,18+/m1/s1. The van der Waals surface area contributed by atoms with Gasteiger partial charge in [0.2, 0.25) is 0 Å². The molecule has 170 valence electrons. The average Bonchev–Trinajstić information content (AvgIpc) is 3.40. The first kappa shape index (κ1) is 22.4. The highest BCUT2D eigenvalue weighted by molar-refractivity contribution is 7.89. The second-order valence-electron chi connectivity index (χ2n) is 7.72. The van der Waals surface area contributed by atoms with Gasteiger partial charge in [0.05, 0.1) is 12.0 Å². The van der Waals surface area contributed by atoms with E-state index in [0.29, 0.717) is 0 Å². The minimum absolute atomic E-state index is 0.0352. The van der Waals surface area contributed by atoms with Crippen LogP contribution in [0.25, 0.3) is 0 Å². The zero-order valence-corrected chi connectivity index (χ0v) is 18.0.